The largest absolute Gasteiger partial charge is 0.494 e. The first kappa shape index (κ1) is 20.9. The molecule has 2 aromatic rings. The number of anilines is 1. The third-order valence-electron chi connectivity index (χ3n) is 5.09. The van der Waals surface area contributed by atoms with E-state index in [2.05, 4.69) is 17.3 Å². The van der Waals surface area contributed by atoms with E-state index in [1.54, 1.807) is 4.90 Å². The lowest BCUT2D eigenvalue weighted by molar-refractivity contribution is -0.127. The van der Waals surface area contributed by atoms with Gasteiger partial charge < -0.3 is 10.1 Å². The number of nitrogens with one attached hydrogen (secondary N) is 1. The number of benzene rings is 1. The predicted octanol–water partition coefficient (Wildman–Crippen LogP) is 3.20. The van der Waals surface area contributed by atoms with Crippen molar-refractivity contribution in [3.63, 3.8) is 0 Å². The molecular weight excluding hydrogens is 368 g/mol. The molecule has 0 saturated carbocycles. The highest BCUT2D eigenvalue weighted by Gasteiger charge is 2.34. The highest BCUT2D eigenvalue weighted by Crippen LogP contribution is 2.26. The second-order valence-electron chi connectivity index (χ2n) is 7.37. The van der Waals surface area contributed by atoms with Gasteiger partial charge in [0.2, 0.25) is 11.8 Å². The van der Waals surface area contributed by atoms with Gasteiger partial charge in [0, 0.05) is 19.0 Å². The molecule has 0 fully saturated rings. The molecule has 0 radical (unpaired) electrons. The number of unbranched alkanes of at least 4 members (excludes halogenated alkanes) is 1. The first-order valence-corrected chi connectivity index (χ1v) is 10.4. The summed E-state index contributed by atoms with van der Waals surface area (Å²) in [6, 6.07) is 9.06. The van der Waals surface area contributed by atoms with E-state index in [1.165, 1.54) is 0 Å². The molecule has 7 heteroatoms. The highest BCUT2D eigenvalue weighted by atomic mass is 16.5. The maximum Gasteiger partial charge on any atom is 0.243 e. The number of hydrogen-bond donors (Lipinski definition) is 1. The van der Waals surface area contributed by atoms with Gasteiger partial charge in [0.1, 0.15) is 17.6 Å². The fourth-order valence-corrected chi connectivity index (χ4v) is 3.50. The number of ether oxygens (including phenoxy) is 1. The summed E-state index contributed by atoms with van der Waals surface area (Å²) in [5, 5.41) is 7.39. The smallest absolute Gasteiger partial charge is 0.243 e. The van der Waals surface area contributed by atoms with Crippen LogP contribution < -0.4 is 15.0 Å². The van der Waals surface area contributed by atoms with E-state index in [4.69, 9.17) is 4.74 Å². The summed E-state index contributed by atoms with van der Waals surface area (Å²) in [6.07, 6.45) is 3.02. The normalized spacial score (nSPS) is 14.4. The Morgan fingerprint density at radius 1 is 1.28 bits per heavy atom. The number of carbonyl (C=O) groups excluding carboxylic acids is 2. The maximum atomic E-state index is 12.9. The van der Waals surface area contributed by atoms with Crippen LogP contribution in [0.2, 0.25) is 0 Å². The Balaban J connectivity index is 1.62. The van der Waals surface area contributed by atoms with Crippen LogP contribution >= 0.6 is 0 Å². The second-order valence-corrected chi connectivity index (χ2v) is 7.37. The van der Waals surface area contributed by atoms with Gasteiger partial charge in [-0.3, -0.25) is 14.5 Å². The van der Waals surface area contributed by atoms with Crippen LogP contribution in [-0.2, 0) is 22.7 Å². The fraction of sp³-hybridized carbons (Fsp3) is 0.500. The average molecular weight is 399 g/mol. The van der Waals surface area contributed by atoms with Crippen molar-refractivity contribution in [2.24, 2.45) is 0 Å². The second kappa shape index (κ2) is 9.58. The van der Waals surface area contributed by atoms with Gasteiger partial charge in [-0.15, -0.1) is 0 Å². The Morgan fingerprint density at radius 2 is 2.03 bits per heavy atom. The first-order valence-electron chi connectivity index (χ1n) is 10.4. The van der Waals surface area contributed by atoms with E-state index in [-0.39, 0.29) is 11.8 Å². The predicted molar refractivity (Wildman–Crippen MR) is 112 cm³/mol. The summed E-state index contributed by atoms with van der Waals surface area (Å²) < 4.78 is 7.48. The molecule has 1 aromatic heterocycles. The monoisotopic (exact) mass is 398 g/mol. The van der Waals surface area contributed by atoms with Gasteiger partial charge in [0.15, 0.2) is 0 Å². The van der Waals surface area contributed by atoms with Crippen molar-refractivity contribution in [2.75, 3.05) is 11.5 Å². The zero-order chi connectivity index (χ0) is 20.8. The Morgan fingerprint density at radius 3 is 2.72 bits per heavy atom. The molecule has 1 aliphatic heterocycles. The molecule has 29 heavy (non-hydrogen) atoms. The van der Waals surface area contributed by atoms with Crippen LogP contribution in [0.5, 0.6) is 5.75 Å². The molecule has 2 amide bonds. The lowest BCUT2D eigenvalue weighted by Gasteiger charge is -2.33. The molecule has 1 atom stereocenters. The van der Waals surface area contributed by atoms with Gasteiger partial charge in [0.05, 0.1) is 18.8 Å². The van der Waals surface area contributed by atoms with Crippen LogP contribution in [0.4, 0.5) is 5.82 Å². The number of fused-ring (bicyclic) bond motifs is 1. The SMILES string of the molecule is CCCCOc1ccc(CNC(=O)C(CC)N2C(=O)CCn3nc(C)cc32)cc1. The molecule has 1 N–H and O–H groups in total. The lowest BCUT2D eigenvalue weighted by Crippen LogP contribution is -2.52. The summed E-state index contributed by atoms with van der Waals surface area (Å²) in [5.74, 6) is 1.35. The molecule has 1 aliphatic rings. The van der Waals surface area contributed by atoms with Gasteiger partial charge in [-0.2, -0.15) is 5.10 Å². The van der Waals surface area contributed by atoms with Gasteiger partial charge in [0.25, 0.3) is 0 Å². The zero-order valence-electron chi connectivity index (χ0n) is 17.5. The molecule has 7 nitrogen and oxygen atoms in total. The van der Waals surface area contributed by atoms with E-state index in [1.807, 2.05) is 48.9 Å². The van der Waals surface area contributed by atoms with Crippen molar-refractivity contribution in [2.45, 2.75) is 65.6 Å². The third-order valence-corrected chi connectivity index (χ3v) is 5.09. The van der Waals surface area contributed by atoms with E-state index < -0.39 is 6.04 Å². The Labute approximate surface area is 172 Å². The van der Waals surface area contributed by atoms with Gasteiger partial charge in [-0.25, -0.2) is 4.68 Å². The first-order chi connectivity index (χ1) is 14.0. The van der Waals surface area contributed by atoms with Gasteiger partial charge in [-0.05, 0) is 37.5 Å². The van der Waals surface area contributed by atoms with Crippen LogP contribution in [0.25, 0.3) is 0 Å². The Hall–Kier alpha value is -2.83. The van der Waals surface area contributed by atoms with Crippen LogP contribution in [0.3, 0.4) is 0 Å². The molecule has 2 heterocycles. The van der Waals surface area contributed by atoms with Crippen LogP contribution in [0.15, 0.2) is 30.3 Å². The minimum atomic E-state index is -0.547. The number of aromatic nitrogens is 2. The Bertz CT molecular complexity index is 844. The zero-order valence-corrected chi connectivity index (χ0v) is 17.5. The third kappa shape index (κ3) is 4.96. The number of carbonyl (C=O) groups is 2. The molecular formula is C22H30N4O3. The summed E-state index contributed by atoms with van der Waals surface area (Å²) in [7, 11) is 0. The molecule has 3 rings (SSSR count). The van der Waals surface area contributed by atoms with Crippen LogP contribution in [0.1, 0.15) is 50.8 Å². The topological polar surface area (TPSA) is 76.5 Å². The number of aryl methyl sites for hydroxylation is 2. The minimum absolute atomic E-state index is 0.0343. The van der Waals surface area contributed by atoms with Crippen molar-refractivity contribution in [3.8, 4) is 5.75 Å². The van der Waals surface area contributed by atoms with Crippen molar-refractivity contribution < 1.29 is 14.3 Å². The highest BCUT2D eigenvalue weighted by molar-refractivity contribution is 6.00. The van der Waals surface area contributed by atoms with Crippen molar-refractivity contribution >= 4 is 17.6 Å². The molecule has 1 unspecified atom stereocenters. The van der Waals surface area contributed by atoms with Crippen molar-refractivity contribution in [1.29, 1.82) is 0 Å². The number of hydrogen-bond acceptors (Lipinski definition) is 4. The van der Waals surface area contributed by atoms with E-state index >= 15 is 0 Å². The number of rotatable bonds is 9. The molecule has 156 valence electrons. The molecule has 0 spiro atoms. The fourth-order valence-electron chi connectivity index (χ4n) is 3.50. The minimum Gasteiger partial charge on any atom is -0.494 e. The van der Waals surface area contributed by atoms with Crippen LogP contribution in [0, 0.1) is 6.92 Å². The van der Waals surface area contributed by atoms with Gasteiger partial charge in [-0.1, -0.05) is 32.4 Å². The standard InChI is InChI=1S/C22H30N4O3/c1-4-6-13-29-18-9-7-17(8-10-18)15-23-22(28)19(5-2)26-20-14-16(3)24-25(20)12-11-21(26)27/h7-10,14,19H,4-6,11-13,15H2,1-3H3,(H,23,28). The van der Waals surface area contributed by atoms with E-state index in [0.29, 0.717) is 38.4 Å². The van der Waals surface area contributed by atoms with Gasteiger partial charge >= 0.3 is 0 Å². The number of amides is 2. The Kier molecular flexibility index (Phi) is 6.90. The number of nitrogens with zero attached hydrogens (tertiary/aromatic N) is 3. The van der Waals surface area contributed by atoms with Crippen molar-refractivity contribution in [3.05, 3.63) is 41.6 Å². The molecule has 0 saturated heterocycles. The summed E-state index contributed by atoms with van der Waals surface area (Å²) in [6.45, 7) is 7.62. The lowest BCUT2D eigenvalue weighted by atomic mass is 10.1. The summed E-state index contributed by atoms with van der Waals surface area (Å²) >= 11 is 0. The van der Waals surface area contributed by atoms with E-state index in [0.717, 1.165) is 29.8 Å². The summed E-state index contributed by atoms with van der Waals surface area (Å²) in [5.41, 5.74) is 1.83. The molecule has 0 bridgehead atoms. The summed E-state index contributed by atoms with van der Waals surface area (Å²) in [4.78, 5) is 27.1. The maximum absolute atomic E-state index is 12.9. The average Bonchev–Trinajstić information content (AvgIpc) is 3.10. The quantitative estimate of drug-likeness (QED) is 0.658. The van der Waals surface area contributed by atoms with E-state index in [9.17, 15) is 9.59 Å². The molecule has 0 aliphatic carbocycles. The van der Waals surface area contributed by atoms with Crippen molar-refractivity contribution in [1.82, 2.24) is 15.1 Å². The van der Waals surface area contributed by atoms with Crippen LogP contribution in [-0.4, -0.2) is 34.2 Å². The molecule has 1 aromatic carbocycles.